The molecule has 1 aliphatic carbocycles. The molecule has 0 saturated heterocycles. The fourth-order valence-electron chi connectivity index (χ4n) is 2.80. The van der Waals surface area contributed by atoms with E-state index < -0.39 is 6.61 Å². The lowest BCUT2D eigenvalue weighted by Gasteiger charge is -2.34. The number of amides is 1. The molecule has 1 saturated carbocycles. The van der Waals surface area contributed by atoms with Crippen LogP contribution in [0, 0.1) is 5.92 Å². The van der Waals surface area contributed by atoms with Gasteiger partial charge < -0.3 is 14.8 Å². The number of halogens is 2. The van der Waals surface area contributed by atoms with E-state index in [1.54, 1.807) is 18.2 Å². The average molecular weight is 375 g/mol. The van der Waals surface area contributed by atoms with Crippen molar-refractivity contribution in [2.24, 2.45) is 5.92 Å². The van der Waals surface area contributed by atoms with Crippen LogP contribution in [0.1, 0.15) is 18.4 Å². The number of allylic oxidation sites excluding steroid dienone is 1. The van der Waals surface area contributed by atoms with E-state index in [0.717, 1.165) is 5.56 Å². The highest BCUT2D eigenvalue weighted by atomic mass is 19.3. The molecule has 0 aliphatic heterocycles. The molecule has 2 aromatic rings. The smallest absolute Gasteiger partial charge is 0.387 e. The number of hydrogen-bond acceptors (Lipinski definition) is 5. The highest BCUT2D eigenvalue weighted by molar-refractivity contribution is 5.92. The van der Waals surface area contributed by atoms with Gasteiger partial charge >= 0.3 is 6.61 Å². The van der Waals surface area contributed by atoms with E-state index in [0.29, 0.717) is 24.9 Å². The largest absolute Gasteiger partial charge is 0.486 e. The third kappa shape index (κ3) is 4.99. The summed E-state index contributed by atoms with van der Waals surface area (Å²) in [6, 6.07) is 4.80. The van der Waals surface area contributed by atoms with Crippen molar-refractivity contribution in [3.05, 3.63) is 55.1 Å². The van der Waals surface area contributed by atoms with E-state index in [2.05, 4.69) is 26.6 Å². The van der Waals surface area contributed by atoms with E-state index in [1.165, 1.54) is 24.8 Å². The van der Waals surface area contributed by atoms with Crippen molar-refractivity contribution in [3.8, 4) is 11.5 Å². The van der Waals surface area contributed by atoms with Gasteiger partial charge in [-0.1, -0.05) is 12.1 Å². The first-order valence-corrected chi connectivity index (χ1v) is 8.46. The number of rotatable bonds is 8. The van der Waals surface area contributed by atoms with Crippen molar-refractivity contribution in [1.82, 2.24) is 9.97 Å². The predicted octanol–water partition coefficient (Wildman–Crippen LogP) is 3.60. The highest BCUT2D eigenvalue weighted by Crippen LogP contribution is 2.37. The van der Waals surface area contributed by atoms with E-state index in [4.69, 9.17) is 4.74 Å². The molecule has 0 radical (unpaired) electrons. The molecular weight excluding hydrogens is 356 g/mol. The molecule has 1 aromatic heterocycles. The number of benzene rings is 1. The summed E-state index contributed by atoms with van der Waals surface area (Å²) in [5, 5.41) is 2.74. The van der Waals surface area contributed by atoms with Crippen LogP contribution in [-0.2, 0) is 11.2 Å². The molecule has 0 unspecified atom stereocenters. The van der Waals surface area contributed by atoms with Crippen LogP contribution in [0.25, 0.3) is 0 Å². The van der Waals surface area contributed by atoms with Crippen molar-refractivity contribution >= 4 is 11.6 Å². The van der Waals surface area contributed by atoms with Crippen molar-refractivity contribution in [2.45, 2.75) is 32.0 Å². The number of alkyl halides is 2. The van der Waals surface area contributed by atoms with Crippen LogP contribution in [0.15, 0.2) is 49.6 Å². The maximum absolute atomic E-state index is 12.6. The fraction of sp³-hybridized carbons (Fsp3) is 0.316. The van der Waals surface area contributed by atoms with Gasteiger partial charge in [-0.15, -0.1) is 6.58 Å². The molecule has 6 nitrogen and oxygen atoms in total. The first kappa shape index (κ1) is 18.8. The third-order valence-electron chi connectivity index (χ3n) is 4.19. The van der Waals surface area contributed by atoms with Crippen molar-refractivity contribution in [1.29, 1.82) is 0 Å². The summed E-state index contributed by atoms with van der Waals surface area (Å²) < 4.78 is 35.5. The number of anilines is 1. The second-order valence-electron chi connectivity index (χ2n) is 6.18. The molecule has 1 fully saturated rings. The minimum Gasteiger partial charge on any atom is -0.486 e. The molecule has 142 valence electrons. The molecule has 3 rings (SSSR count). The fourth-order valence-corrected chi connectivity index (χ4v) is 2.80. The Morgan fingerprint density at radius 3 is 2.70 bits per heavy atom. The van der Waals surface area contributed by atoms with Gasteiger partial charge in [-0.25, -0.2) is 9.97 Å². The van der Waals surface area contributed by atoms with Gasteiger partial charge in [-0.2, -0.15) is 8.78 Å². The Morgan fingerprint density at radius 2 is 2.04 bits per heavy atom. The van der Waals surface area contributed by atoms with Gasteiger partial charge in [0.05, 0.1) is 18.1 Å². The lowest BCUT2D eigenvalue weighted by atomic mass is 9.81. The molecule has 8 heteroatoms. The molecule has 1 aliphatic rings. The molecule has 1 N–H and O–H groups in total. The third-order valence-corrected chi connectivity index (χ3v) is 4.19. The van der Waals surface area contributed by atoms with E-state index in [1.807, 2.05) is 0 Å². The van der Waals surface area contributed by atoms with Crippen LogP contribution < -0.4 is 14.8 Å². The van der Waals surface area contributed by atoms with Crippen LogP contribution in [-0.4, -0.2) is 28.6 Å². The topological polar surface area (TPSA) is 73.3 Å². The maximum Gasteiger partial charge on any atom is 0.387 e. The lowest BCUT2D eigenvalue weighted by Crippen LogP contribution is -2.40. The van der Waals surface area contributed by atoms with Crippen LogP contribution >= 0.6 is 0 Å². The first-order chi connectivity index (χ1) is 13.0. The van der Waals surface area contributed by atoms with Gasteiger partial charge in [0.15, 0.2) is 11.5 Å². The Balaban J connectivity index is 1.59. The van der Waals surface area contributed by atoms with Gasteiger partial charge in [-0.05, 0) is 37.0 Å². The molecule has 0 atom stereocenters. The minimum absolute atomic E-state index is 0.0212. The Bertz CT molecular complexity index is 796. The zero-order chi connectivity index (χ0) is 19.2. The minimum atomic E-state index is -2.94. The van der Waals surface area contributed by atoms with Gasteiger partial charge in [0.1, 0.15) is 12.4 Å². The van der Waals surface area contributed by atoms with E-state index >= 15 is 0 Å². The number of hydrogen-bond donors (Lipinski definition) is 1. The Kier molecular flexibility index (Phi) is 5.95. The second-order valence-corrected chi connectivity index (χ2v) is 6.18. The van der Waals surface area contributed by atoms with Gasteiger partial charge in [-0.3, -0.25) is 4.79 Å². The van der Waals surface area contributed by atoms with Gasteiger partial charge in [0, 0.05) is 5.92 Å². The summed E-state index contributed by atoms with van der Waals surface area (Å²) in [6.07, 6.45) is 7.42. The van der Waals surface area contributed by atoms with Crippen LogP contribution in [0.5, 0.6) is 11.5 Å². The highest BCUT2D eigenvalue weighted by Gasteiger charge is 2.36. The Hall–Kier alpha value is -3.03. The predicted molar refractivity (Wildman–Crippen MR) is 94.8 cm³/mol. The molecule has 1 heterocycles. The van der Waals surface area contributed by atoms with Crippen LogP contribution in [0.3, 0.4) is 0 Å². The molecule has 27 heavy (non-hydrogen) atoms. The average Bonchev–Trinajstić information content (AvgIpc) is 2.60. The quantitative estimate of drug-likeness (QED) is 0.714. The van der Waals surface area contributed by atoms with Crippen molar-refractivity contribution in [2.75, 3.05) is 5.32 Å². The van der Waals surface area contributed by atoms with Crippen molar-refractivity contribution < 1.29 is 23.0 Å². The summed E-state index contributed by atoms with van der Waals surface area (Å²) in [4.78, 5) is 19.9. The van der Waals surface area contributed by atoms with E-state index in [-0.39, 0.29) is 29.4 Å². The first-order valence-electron chi connectivity index (χ1n) is 8.46. The molecular formula is C19H19F2N3O3. The summed E-state index contributed by atoms with van der Waals surface area (Å²) in [5.41, 5.74) is 1.40. The molecule has 0 spiro atoms. The Labute approximate surface area is 155 Å². The zero-order valence-corrected chi connectivity index (χ0v) is 14.5. The number of carbonyl (C=O) groups is 1. The standard InChI is InChI=1S/C19H19F2N3O3/c1-2-3-12-4-5-16(27-19(20)21)17(6-12)26-15-7-13(8-15)18(25)24-14-9-22-11-23-10-14/h2,4-6,9-11,13,15,19H,1,3,7-8H2,(H,24,25). The Morgan fingerprint density at radius 1 is 1.30 bits per heavy atom. The van der Waals surface area contributed by atoms with E-state index in [9.17, 15) is 13.6 Å². The zero-order valence-electron chi connectivity index (χ0n) is 14.5. The molecule has 1 aromatic carbocycles. The normalized spacial score (nSPS) is 18.5. The number of ether oxygens (including phenoxy) is 2. The number of aromatic nitrogens is 2. The number of nitrogens with zero attached hydrogens (tertiary/aromatic N) is 2. The summed E-state index contributed by atoms with van der Waals surface area (Å²) in [7, 11) is 0. The van der Waals surface area contributed by atoms with Crippen LogP contribution in [0.4, 0.5) is 14.5 Å². The summed E-state index contributed by atoms with van der Waals surface area (Å²) in [5.74, 6) is -0.137. The second kappa shape index (κ2) is 8.57. The number of nitrogens with one attached hydrogen (secondary N) is 1. The summed E-state index contributed by atoms with van der Waals surface area (Å²) >= 11 is 0. The molecule has 0 bridgehead atoms. The van der Waals surface area contributed by atoms with Gasteiger partial charge in [0.25, 0.3) is 0 Å². The SMILES string of the molecule is C=CCc1ccc(OC(F)F)c(OC2CC(C(=O)Nc3cncnc3)C2)c1. The monoisotopic (exact) mass is 375 g/mol. The number of carbonyl (C=O) groups excluding carboxylic acids is 1. The summed E-state index contributed by atoms with van der Waals surface area (Å²) in [6.45, 7) is 0.724. The van der Waals surface area contributed by atoms with Crippen LogP contribution in [0.2, 0.25) is 0 Å². The lowest BCUT2D eigenvalue weighted by molar-refractivity contribution is -0.125. The molecule has 1 amide bonds. The van der Waals surface area contributed by atoms with Gasteiger partial charge in [0.2, 0.25) is 5.91 Å². The maximum atomic E-state index is 12.6. The van der Waals surface area contributed by atoms with Crippen molar-refractivity contribution in [3.63, 3.8) is 0 Å².